The molecule has 0 atom stereocenters. The Morgan fingerprint density at radius 3 is 2.44 bits per heavy atom. The predicted octanol–water partition coefficient (Wildman–Crippen LogP) is 5.51. The van der Waals surface area contributed by atoms with Gasteiger partial charge in [-0.1, -0.05) is 6.07 Å². The molecule has 2 amide bonds. The van der Waals surface area contributed by atoms with E-state index in [-0.39, 0.29) is 33.1 Å². The number of methoxy groups -OCH3 is 1. The number of amides is 2. The maximum atomic E-state index is 13.5. The van der Waals surface area contributed by atoms with E-state index in [4.69, 9.17) is 14.7 Å². The summed E-state index contributed by atoms with van der Waals surface area (Å²) in [5, 5.41) is 8.60. The number of hydrogen-bond acceptors (Lipinski definition) is 7. The third-order valence-electron chi connectivity index (χ3n) is 5.83. The largest absolute Gasteiger partial charge is 0.493 e. The lowest BCUT2D eigenvalue weighted by Gasteiger charge is -2.18. The zero-order valence-electron chi connectivity index (χ0n) is 19.3. The Balaban J connectivity index is 1.53. The molecule has 0 radical (unpaired) electrons. The standard InChI is InChI=1S/C25H22F3N3O4S/c1-34-21-13-16(14-22-23(32)31(24(33)36-22)11-10-30-8-2-3-9-30)4-7-20(21)35-19-6-5-17(15-29)12-18(19)25(26,27)28/h4-7,12-14H,2-3,8-11H2,1H3. The Hall–Kier alpha value is -3.49. The average Bonchev–Trinajstić information content (AvgIpc) is 3.46. The van der Waals surface area contributed by atoms with E-state index in [2.05, 4.69) is 4.90 Å². The van der Waals surface area contributed by atoms with Crippen LogP contribution in [0.15, 0.2) is 41.3 Å². The molecule has 0 N–H and O–H groups in total. The number of ether oxygens (including phenoxy) is 2. The van der Waals surface area contributed by atoms with Gasteiger partial charge < -0.3 is 14.4 Å². The molecule has 0 spiro atoms. The average molecular weight is 518 g/mol. The molecule has 2 aliphatic heterocycles. The number of thioether (sulfide) groups is 1. The van der Waals surface area contributed by atoms with Crippen LogP contribution in [0.5, 0.6) is 17.2 Å². The summed E-state index contributed by atoms with van der Waals surface area (Å²) in [6.07, 6.45) is -0.957. The monoisotopic (exact) mass is 517 g/mol. The minimum atomic E-state index is -4.73. The summed E-state index contributed by atoms with van der Waals surface area (Å²) < 4.78 is 51.3. The van der Waals surface area contributed by atoms with Crippen molar-refractivity contribution in [1.82, 2.24) is 9.80 Å². The first-order valence-corrected chi connectivity index (χ1v) is 12.0. The molecule has 2 saturated heterocycles. The van der Waals surface area contributed by atoms with Crippen LogP contribution in [-0.2, 0) is 11.0 Å². The fraction of sp³-hybridized carbons (Fsp3) is 0.320. The van der Waals surface area contributed by atoms with E-state index in [0.717, 1.165) is 49.8 Å². The Labute approximate surface area is 210 Å². The predicted molar refractivity (Wildman–Crippen MR) is 128 cm³/mol. The second-order valence-electron chi connectivity index (χ2n) is 8.21. The van der Waals surface area contributed by atoms with Gasteiger partial charge in [-0.2, -0.15) is 18.4 Å². The summed E-state index contributed by atoms with van der Waals surface area (Å²) in [4.78, 5) is 28.9. The number of halogens is 3. The first kappa shape index (κ1) is 25.6. The molecule has 36 heavy (non-hydrogen) atoms. The van der Waals surface area contributed by atoms with Crippen molar-refractivity contribution in [3.8, 4) is 23.3 Å². The number of nitrogens with zero attached hydrogens (tertiary/aromatic N) is 3. The highest BCUT2D eigenvalue weighted by Crippen LogP contribution is 2.41. The number of imide groups is 1. The topological polar surface area (TPSA) is 82.9 Å². The molecule has 188 valence electrons. The molecular weight excluding hydrogens is 495 g/mol. The van der Waals surface area contributed by atoms with Gasteiger partial charge in [0, 0.05) is 13.1 Å². The molecule has 0 aromatic heterocycles. The normalized spacial score (nSPS) is 17.6. The Morgan fingerprint density at radius 2 is 1.78 bits per heavy atom. The number of carbonyl (C=O) groups excluding carboxylic acids is 2. The molecule has 2 aliphatic rings. The molecule has 2 aromatic rings. The second kappa shape index (κ2) is 10.6. The number of likely N-dealkylation sites (tertiary alicyclic amines) is 1. The maximum absolute atomic E-state index is 13.5. The fourth-order valence-corrected chi connectivity index (χ4v) is 4.84. The van der Waals surface area contributed by atoms with Crippen LogP contribution in [0, 0.1) is 11.3 Å². The summed E-state index contributed by atoms with van der Waals surface area (Å²) in [6.45, 7) is 2.89. The van der Waals surface area contributed by atoms with Gasteiger partial charge in [-0.3, -0.25) is 14.5 Å². The van der Waals surface area contributed by atoms with Gasteiger partial charge in [-0.05, 0) is 79.7 Å². The maximum Gasteiger partial charge on any atom is 0.420 e. The summed E-state index contributed by atoms with van der Waals surface area (Å²) >= 11 is 0.844. The van der Waals surface area contributed by atoms with E-state index in [9.17, 15) is 22.8 Å². The number of alkyl halides is 3. The van der Waals surface area contributed by atoms with E-state index in [1.54, 1.807) is 12.1 Å². The zero-order chi connectivity index (χ0) is 25.9. The Bertz CT molecular complexity index is 1250. The van der Waals surface area contributed by atoms with Gasteiger partial charge in [0.2, 0.25) is 0 Å². The second-order valence-corrected chi connectivity index (χ2v) is 9.21. The van der Waals surface area contributed by atoms with E-state index in [1.807, 2.05) is 0 Å². The van der Waals surface area contributed by atoms with Crippen LogP contribution in [-0.4, -0.2) is 54.2 Å². The fourth-order valence-electron chi connectivity index (χ4n) is 3.98. The molecule has 4 rings (SSSR count). The van der Waals surface area contributed by atoms with Crippen molar-refractivity contribution in [2.75, 3.05) is 33.3 Å². The molecule has 2 aromatic carbocycles. The Kier molecular flexibility index (Phi) is 7.56. The highest BCUT2D eigenvalue weighted by Gasteiger charge is 2.36. The van der Waals surface area contributed by atoms with Crippen LogP contribution < -0.4 is 9.47 Å². The van der Waals surface area contributed by atoms with Gasteiger partial charge in [0.1, 0.15) is 5.75 Å². The summed E-state index contributed by atoms with van der Waals surface area (Å²) in [7, 11) is 1.33. The van der Waals surface area contributed by atoms with Crippen molar-refractivity contribution in [1.29, 1.82) is 5.26 Å². The van der Waals surface area contributed by atoms with E-state index >= 15 is 0 Å². The van der Waals surface area contributed by atoms with Crippen LogP contribution in [0.25, 0.3) is 6.08 Å². The lowest BCUT2D eigenvalue weighted by molar-refractivity contribution is -0.138. The summed E-state index contributed by atoms with van der Waals surface area (Å²) in [6, 6.07) is 9.17. The molecule has 7 nitrogen and oxygen atoms in total. The smallest absolute Gasteiger partial charge is 0.420 e. The highest BCUT2D eigenvalue weighted by atomic mass is 32.2. The molecule has 0 unspecified atom stereocenters. The van der Waals surface area contributed by atoms with Gasteiger partial charge >= 0.3 is 6.18 Å². The Morgan fingerprint density at radius 1 is 1.06 bits per heavy atom. The molecular formula is C25H22F3N3O4S. The van der Waals surface area contributed by atoms with E-state index in [0.29, 0.717) is 18.7 Å². The molecule has 0 aliphatic carbocycles. The first-order chi connectivity index (χ1) is 17.2. The quantitative estimate of drug-likeness (QED) is 0.448. The molecule has 11 heteroatoms. The zero-order valence-corrected chi connectivity index (χ0v) is 20.1. The van der Waals surface area contributed by atoms with Gasteiger partial charge in [0.25, 0.3) is 11.1 Å². The van der Waals surface area contributed by atoms with Gasteiger partial charge in [-0.15, -0.1) is 0 Å². The van der Waals surface area contributed by atoms with Gasteiger partial charge in [0.05, 0.1) is 29.2 Å². The molecule has 0 bridgehead atoms. The number of hydrogen-bond donors (Lipinski definition) is 0. The lowest BCUT2D eigenvalue weighted by atomic mass is 10.1. The van der Waals surface area contributed by atoms with Crippen LogP contribution >= 0.6 is 11.8 Å². The van der Waals surface area contributed by atoms with Crippen LogP contribution in [0.4, 0.5) is 18.0 Å². The van der Waals surface area contributed by atoms with Gasteiger partial charge in [-0.25, -0.2) is 0 Å². The van der Waals surface area contributed by atoms with Crippen LogP contribution in [0.3, 0.4) is 0 Å². The SMILES string of the molecule is COc1cc(C=C2SC(=O)N(CCN3CCCC3)C2=O)ccc1Oc1ccc(C#N)cc1C(F)(F)F. The molecule has 2 fully saturated rings. The summed E-state index contributed by atoms with van der Waals surface area (Å²) in [5.74, 6) is -0.708. The van der Waals surface area contributed by atoms with E-state index < -0.39 is 17.5 Å². The number of carbonyl (C=O) groups is 2. The van der Waals surface area contributed by atoms with Crippen LogP contribution in [0.2, 0.25) is 0 Å². The lowest BCUT2D eigenvalue weighted by Crippen LogP contribution is -2.36. The third kappa shape index (κ3) is 5.66. The van der Waals surface area contributed by atoms with Crippen LogP contribution in [0.1, 0.15) is 29.5 Å². The van der Waals surface area contributed by atoms with Gasteiger partial charge in [0.15, 0.2) is 11.5 Å². The third-order valence-corrected chi connectivity index (χ3v) is 6.74. The van der Waals surface area contributed by atoms with Crippen molar-refractivity contribution >= 4 is 29.0 Å². The highest BCUT2D eigenvalue weighted by molar-refractivity contribution is 8.18. The first-order valence-electron chi connectivity index (χ1n) is 11.1. The number of benzene rings is 2. The summed E-state index contributed by atoms with van der Waals surface area (Å²) in [5.41, 5.74) is -0.721. The van der Waals surface area contributed by atoms with Crippen molar-refractivity contribution in [3.05, 3.63) is 58.0 Å². The molecule has 0 saturated carbocycles. The molecule has 2 heterocycles. The minimum Gasteiger partial charge on any atom is -0.493 e. The van der Waals surface area contributed by atoms with Crippen molar-refractivity contribution in [2.45, 2.75) is 19.0 Å². The van der Waals surface area contributed by atoms with E-state index in [1.165, 1.54) is 36.3 Å². The minimum absolute atomic E-state index is 0.0172. The van der Waals surface area contributed by atoms with Crippen molar-refractivity contribution in [2.24, 2.45) is 0 Å². The number of rotatable bonds is 7. The number of nitriles is 1. The van der Waals surface area contributed by atoms with Crippen molar-refractivity contribution in [3.63, 3.8) is 0 Å². The van der Waals surface area contributed by atoms with Crippen molar-refractivity contribution < 1.29 is 32.2 Å².